The summed E-state index contributed by atoms with van der Waals surface area (Å²) in [5, 5.41) is 10.3. The van der Waals surface area contributed by atoms with E-state index in [9.17, 15) is 0 Å². The Bertz CT molecular complexity index is 1150. The van der Waals surface area contributed by atoms with E-state index in [1.807, 2.05) is 36.9 Å². The van der Waals surface area contributed by atoms with Gasteiger partial charge in [-0.15, -0.1) is 0 Å². The van der Waals surface area contributed by atoms with Gasteiger partial charge in [0.15, 0.2) is 0 Å². The van der Waals surface area contributed by atoms with Crippen LogP contribution in [0.4, 0.5) is 0 Å². The average Bonchev–Trinajstić information content (AvgIpc) is 3.34. The van der Waals surface area contributed by atoms with Crippen LogP contribution in [0.25, 0.3) is 22.1 Å². The van der Waals surface area contributed by atoms with Crippen LogP contribution in [-0.2, 0) is 6.54 Å². The van der Waals surface area contributed by atoms with Gasteiger partial charge in [0, 0.05) is 30.7 Å². The number of likely N-dealkylation sites (tertiary alicyclic amines) is 1. The zero-order valence-corrected chi connectivity index (χ0v) is 15.0. The summed E-state index contributed by atoms with van der Waals surface area (Å²) in [5.41, 5.74) is 4.94. The van der Waals surface area contributed by atoms with Crippen molar-refractivity contribution in [3.8, 4) is 6.07 Å². The molecule has 0 spiro atoms. The molecule has 0 unspecified atom stereocenters. The van der Waals surface area contributed by atoms with E-state index in [4.69, 9.17) is 5.26 Å². The maximum Gasteiger partial charge on any atom is 0.139 e. The molecule has 1 aliphatic rings. The van der Waals surface area contributed by atoms with E-state index in [0.29, 0.717) is 6.04 Å². The van der Waals surface area contributed by atoms with Gasteiger partial charge in [-0.05, 0) is 43.1 Å². The fourth-order valence-corrected chi connectivity index (χ4v) is 4.21. The summed E-state index contributed by atoms with van der Waals surface area (Å²) in [4.78, 5) is 14.7. The summed E-state index contributed by atoms with van der Waals surface area (Å²) < 4.78 is 2.32. The van der Waals surface area contributed by atoms with Crippen molar-refractivity contribution in [3.05, 3.63) is 60.2 Å². The van der Waals surface area contributed by atoms with Gasteiger partial charge in [0.1, 0.15) is 11.2 Å². The molecule has 0 bridgehead atoms. The summed E-state index contributed by atoms with van der Waals surface area (Å²) in [6, 6.07) is 12.6. The van der Waals surface area contributed by atoms with Gasteiger partial charge in [-0.1, -0.05) is 12.1 Å². The molecule has 1 saturated heterocycles. The topological polar surface area (TPSA) is 73.5 Å². The van der Waals surface area contributed by atoms with Crippen LogP contribution in [0.1, 0.15) is 30.0 Å². The van der Waals surface area contributed by atoms with Gasteiger partial charge < -0.3 is 9.55 Å². The summed E-state index contributed by atoms with van der Waals surface area (Å²) in [7, 11) is 0. The van der Waals surface area contributed by atoms with Crippen LogP contribution < -0.4 is 0 Å². The average molecular weight is 356 g/mol. The molecule has 4 aromatic rings. The Morgan fingerprint density at radius 3 is 3.15 bits per heavy atom. The quantitative estimate of drug-likeness (QED) is 0.608. The number of aromatic nitrogens is 4. The molecular formula is C21H20N6. The highest BCUT2D eigenvalue weighted by atomic mass is 15.2. The van der Waals surface area contributed by atoms with E-state index in [1.54, 1.807) is 0 Å². The molecule has 6 heteroatoms. The first-order chi connectivity index (χ1) is 13.3. The van der Waals surface area contributed by atoms with E-state index in [2.05, 4.69) is 42.6 Å². The van der Waals surface area contributed by atoms with Crippen LogP contribution in [0.5, 0.6) is 0 Å². The van der Waals surface area contributed by atoms with E-state index < -0.39 is 0 Å². The van der Waals surface area contributed by atoms with Gasteiger partial charge in [-0.3, -0.25) is 4.90 Å². The first-order valence-electron chi connectivity index (χ1n) is 9.32. The van der Waals surface area contributed by atoms with Crippen molar-refractivity contribution in [1.29, 1.82) is 5.26 Å². The molecule has 1 aliphatic heterocycles. The Kier molecular flexibility index (Phi) is 3.88. The van der Waals surface area contributed by atoms with Crippen molar-refractivity contribution < 1.29 is 0 Å². The molecule has 0 aliphatic carbocycles. The molecular weight excluding hydrogens is 336 g/mol. The fourth-order valence-electron chi connectivity index (χ4n) is 4.21. The molecule has 134 valence electrons. The summed E-state index contributed by atoms with van der Waals surface area (Å²) >= 11 is 0. The van der Waals surface area contributed by atoms with Crippen molar-refractivity contribution in [2.45, 2.75) is 25.4 Å². The van der Waals surface area contributed by atoms with Gasteiger partial charge in [0.2, 0.25) is 0 Å². The zero-order chi connectivity index (χ0) is 18.2. The third-order valence-corrected chi connectivity index (χ3v) is 5.45. The largest absolute Gasteiger partial charge is 0.346 e. The predicted molar refractivity (Wildman–Crippen MR) is 104 cm³/mol. The number of pyridine rings is 1. The second kappa shape index (κ2) is 6.53. The molecule has 1 aromatic carbocycles. The Morgan fingerprint density at radius 2 is 2.22 bits per heavy atom. The number of nitrogens with one attached hydrogen (secondary N) is 1. The van der Waals surface area contributed by atoms with Crippen LogP contribution in [0.2, 0.25) is 0 Å². The number of hydrogen-bond donors (Lipinski definition) is 1. The molecule has 4 heterocycles. The lowest BCUT2D eigenvalue weighted by Gasteiger charge is -2.33. The van der Waals surface area contributed by atoms with Gasteiger partial charge in [-0.25, -0.2) is 9.97 Å². The lowest BCUT2D eigenvalue weighted by atomic mass is 10.0. The van der Waals surface area contributed by atoms with E-state index in [0.717, 1.165) is 54.6 Å². The molecule has 1 atom stereocenters. The molecule has 1 N–H and O–H groups in total. The summed E-state index contributed by atoms with van der Waals surface area (Å²) in [6.07, 6.45) is 8.05. The summed E-state index contributed by atoms with van der Waals surface area (Å²) in [6.45, 7) is 2.94. The highest BCUT2D eigenvalue weighted by Crippen LogP contribution is 2.29. The Labute approximate surface area is 157 Å². The highest BCUT2D eigenvalue weighted by Gasteiger charge is 2.23. The van der Waals surface area contributed by atoms with E-state index >= 15 is 0 Å². The molecule has 1 fully saturated rings. The lowest BCUT2D eigenvalue weighted by Crippen LogP contribution is -2.36. The predicted octanol–water partition coefficient (Wildman–Crippen LogP) is 3.62. The third-order valence-electron chi connectivity index (χ3n) is 5.45. The van der Waals surface area contributed by atoms with Crippen LogP contribution >= 0.6 is 0 Å². The van der Waals surface area contributed by atoms with Crippen LogP contribution in [0.15, 0.2) is 49.1 Å². The van der Waals surface area contributed by atoms with Crippen LogP contribution in [0, 0.1) is 11.3 Å². The van der Waals surface area contributed by atoms with Gasteiger partial charge in [0.25, 0.3) is 0 Å². The Morgan fingerprint density at radius 1 is 1.26 bits per heavy atom. The Balaban J connectivity index is 1.43. The molecule has 5 rings (SSSR count). The third kappa shape index (κ3) is 2.86. The van der Waals surface area contributed by atoms with Crippen molar-refractivity contribution in [2.75, 3.05) is 13.1 Å². The molecule has 0 amide bonds. The standard InChI is InChI=1S/C21H20N6/c22-10-15-3-1-4-16(9-15)12-26-8-2-5-17(13-26)27-14-25-19-11-24-21-18(20(19)27)6-7-23-21/h1,3-4,6-7,9,11,14,17H,2,5,8,12-13H2,(H,23,24)/t17-/m1/s1. The molecule has 3 aromatic heterocycles. The van der Waals surface area contributed by atoms with Crippen molar-refractivity contribution in [2.24, 2.45) is 0 Å². The number of nitriles is 1. The lowest BCUT2D eigenvalue weighted by molar-refractivity contribution is 0.172. The SMILES string of the molecule is N#Cc1cccc(CN2CCC[C@@H](n3cnc4cnc5[nH]ccc5c43)C2)c1. The Hall–Kier alpha value is -3.17. The molecule has 0 saturated carbocycles. The van der Waals surface area contributed by atoms with Gasteiger partial charge >= 0.3 is 0 Å². The number of nitrogens with zero attached hydrogens (tertiary/aromatic N) is 5. The number of imidazole rings is 1. The van der Waals surface area contributed by atoms with Crippen LogP contribution in [0.3, 0.4) is 0 Å². The van der Waals surface area contributed by atoms with Crippen LogP contribution in [-0.4, -0.2) is 37.5 Å². The second-order valence-electron chi connectivity index (χ2n) is 7.23. The van der Waals surface area contributed by atoms with Crippen molar-refractivity contribution in [1.82, 2.24) is 24.4 Å². The number of rotatable bonds is 3. The van der Waals surface area contributed by atoms with Gasteiger partial charge in [-0.2, -0.15) is 5.26 Å². The maximum absolute atomic E-state index is 9.12. The van der Waals surface area contributed by atoms with Gasteiger partial charge in [0.05, 0.1) is 29.7 Å². The monoisotopic (exact) mass is 356 g/mol. The first kappa shape index (κ1) is 16.0. The minimum Gasteiger partial charge on any atom is -0.346 e. The first-order valence-corrected chi connectivity index (χ1v) is 9.32. The smallest absolute Gasteiger partial charge is 0.139 e. The summed E-state index contributed by atoms with van der Waals surface area (Å²) in [5.74, 6) is 0. The zero-order valence-electron chi connectivity index (χ0n) is 15.0. The number of aromatic amines is 1. The number of benzene rings is 1. The molecule has 0 radical (unpaired) electrons. The minimum absolute atomic E-state index is 0.392. The number of H-pyrrole nitrogens is 1. The minimum atomic E-state index is 0.392. The molecule has 6 nitrogen and oxygen atoms in total. The van der Waals surface area contributed by atoms with E-state index in [1.165, 1.54) is 11.1 Å². The second-order valence-corrected chi connectivity index (χ2v) is 7.23. The normalized spacial score (nSPS) is 18.1. The van der Waals surface area contributed by atoms with E-state index in [-0.39, 0.29) is 0 Å². The molecule has 27 heavy (non-hydrogen) atoms. The maximum atomic E-state index is 9.12. The number of hydrogen-bond acceptors (Lipinski definition) is 4. The number of fused-ring (bicyclic) bond motifs is 3. The number of piperidine rings is 1. The van der Waals surface area contributed by atoms with Crippen molar-refractivity contribution in [3.63, 3.8) is 0 Å². The highest BCUT2D eigenvalue weighted by molar-refractivity contribution is 6.00. The van der Waals surface area contributed by atoms with Crippen molar-refractivity contribution >= 4 is 22.1 Å². The fraction of sp³-hybridized carbons (Fsp3) is 0.286.